The summed E-state index contributed by atoms with van der Waals surface area (Å²) in [5, 5.41) is 12.4. The summed E-state index contributed by atoms with van der Waals surface area (Å²) in [5.74, 6) is 2.65. The fraction of sp³-hybridized carbons (Fsp3) is 0.500. The van der Waals surface area contributed by atoms with Crippen LogP contribution in [-0.4, -0.2) is 22.5 Å². The summed E-state index contributed by atoms with van der Waals surface area (Å²) in [5.41, 5.74) is 1.16. The third-order valence-corrected chi connectivity index (χ3v) is 5.06. The number of hydrogen-bond acceptors (Lipinski definition) is 5. The van der Waals surface area contributed by atoms with Crippen LogP contribution in [0.3, 0.4) is 0 Å². The van der Waals surface area contributed by atoms with Gasteiger partial charge in [-0.1, -0.05) is 43.7 Å². The molecule has 0 amide bonds. The summed E-state index contributed by atoms with van der Waals surface area (Å²) in [6, 6.07) is 10.2. The molecule has 2 atom stereocenters. The fourth-order valence-electron chi connectivity index (χ4n) is 2.63. The molecule has 0 bridgehead atoms. The van der Waals surface area contributed by atoms with Crippen LogP contribution in [0.1, 0.15) is 54.8 Å². The Hall–Kier alpha value is -1.33. The van der Waals surface area contributed by atoms with Crippen LogP contribution in [-0.2, 0) is 0 Å². The summed E-state index contributed by atoms with van der Waals surface area (Å²) in [7, 11) is 0. The van der Waals surface area contributed by atoms with E-state index in [0.717, 1.165) is 24.4 Å². The third-order valence-electron chi connectivity index (χ3n) is 3.70. The van der Waals surface area contributed by atoms with Gasteiger partial charge in [-0.05, 0) is 30.7 Å². The number of nitrogens with one attached hydrogen (secondary N) is 1. The molecule has 21 heavy (non-hydrogen) atoms. The predicted octanol–water partition coefficient (Wildman–Crippen LogP) is 3.73. The van der Waals surface area contributed by atoms with Gasteiger partial charge in [0.15, 0.2) is 0 Å². The summed E-state index contributed by atoms with van der Waals surface area (Å²) in [6.45, 7) is 2.94. The largest absolute Gasteiger partial charge is 0.422 e. The van der Waals surface area contributed by atoms with Gasteiger partial charge in [0.25, 0.3) is 0 Å². The number of benzene rings is 1. The standard InChI is InChI=1S/C16H21N3OS/c1-2-17-14(12-8-4-3-5-9-12)16-19-18-15(20-16)13-10-6-7-11-21-13/h3-5,8-9,13-14,17H,2,6-7,10-11H2,1H3. The average molecular weight is 303 g/mol. The minimum Gasteiger partial charge on any atom is -0.422 e. The zero-order chi connectivity index (χ0) is 14.5. The van der Waals surface area contributed by atoms with E-state index >= 15 is 0 Å². The first-order chi connectivity index (χ1) is 10.4. The molecule has 2 heterocycles. The van der Waals surface area contributed by atoms with Crippen molar-refractivity contribution in [1.29, 1.82) is 0 Å². The zero-order valence-electron chi connectivity index (χ0n) is 12.3. The van der Waals surface area contributed by atoms with Gasteiger partial charge >= 0.3 is 0 Å². The lowest BCUT2D eigenvalue weighted by Gasteiger charge is -2.17. The highest BCUT2D eigenvalue weighted by atomic mass is 32.2. The van der Waals surface area contributed by atoms with Crippen LogP contribution in [0.4, 0.5) is 0 Å². The van der Waals surface area contributed by atoms with Crippen molar-refractivity contribution >= 4 is 11.8 Å². The molecule has 0 aliphatic carbocycles. The number of rotatable bonds is 5. The molecule has 1 aliphatic heterocycles. The number of hydrogen-bond donors (Lipinski definition) is 1. The Morgan fingerprint density at radius 2 is 2.14 bits per heavy atom. The SMILES string of the molecule is CCNC(c1ccccc1)c1nnc(C2CCCCS2)o1. The average Bonchev–Trinajstić information content (AvgIpc) is 3.04. The van der Waals surface area contributed by atoms with E-state index in [0.29, 0.717) is 11.1 Å². The monoisotopic (exact) mass is 303 g/mol. The van der Waals surface area contributed by atoms with Gasteiger partial charge in [0.05, 0.1) is 5.25 Å². The van der Waals surface area contributed by atoms with Crippen LogP contribution in [0.2, 0.25) is 0 Å². The first-order valence-corrected chi connectivity index (χ1v) is 8.66. The van der Waals surface area contributed by atoms with E-state index in [-0.39, 0.29) is 6.04 Å². The van der Waals surface area contributed by atoms with Gasteiger partial charge in [-0.15, -0.1) is 22.0 Å². The van der Waals surface area contributed by atoms with Crippen LogP contribution < -0.4 is 5.32 Å². The minimum atomic E-state index is -0.0222. The maximum atomic E-state index is 5.99. The summed E-state index contributed by atoms with van der Waals surface area (Å²) >= 11 is 1.93. The predicted molar refractivity (Wildman–Crippen MR) is 85.3 cm³/mol. The number of aromatic nitrogens is 2. The Kier molecular flexibility index (Phi) is 4.93. The highest BCUT2D eigenvalue weighted by Gasteiger charge is 2.25. The van der Waals surface area contributed by atoms with E-state index in [9.17, 15) is 0 Å². The second kappa shape index (κ2) is 7.09. The van der Waals surface area contributed by atoms with Crippen molar-refractivity contribution in [2.45, 2.75) is 37.5 Å². The van der Waals surface area contributed by atoms with E-state index < -0.39 is 0 Å². The van der Waals surface area contributed by atoms with E-state index in [2.05, 4.69) is 34.6 Å². The molecule has 0 saturated carbocycles. The highest BCUT2D eigenvalue weighted by Crippen LogP contribution is 2.38. The maximum Gasteiger partial charge on any atom is 0.237 e. The van der Waals surface area contributed by atoms with Crippen molar-refractivity contribution in [3.63, 3.8) is 0 Å². The van der Waals surface area contributed by atoms with E-state index in [1.165, 1.54) is 18.6 Å². The van der Waals surface area contributed by atoms with Crippen molar-refractivity contribution in [3.05, 3.63) is 47.7 Å². The zero-order valence-corrected chi connectivity index (χ0v) is 13.1. The van der Waals surface area contributed by atoms with Crippen molar-refractivity contribution in [3.8, 4) is 0 Å². The topological polar surface area (TPSA) is 51.0 Å². The molecular weight excluding hydrogens is 282 g/mol. The first-order valence-electron chi connectivity index (χ1n) is 7.61. The molecule has 0 spiro atoms. The van der Waals surface area contributed by atoms with Gasteiger partial charge < -0.3 is 9.73 Å². The Morgan fingerprint density at radius 1 is 1.29 bits per heavy atom. The lowest BCUT2D eigenvalue weighted by Crippen LogP contribution is -2.22. The molecule has 1 N–H and O–H groups in total. The molecule has 3 rings (SSSR count). The van der Waals surface area contributed by atoms with E-state index in [1.807, 2.05) is 30.0 Å². The van der Waals surface area contributed by atoms with Crippen LogP contribution >= 0.6 is 11.8 Å². The van der Waals surface area contributed by atoms with Gasteiger partial charge in [-0.25, -0.2) is 0 Å². The van der Waals surface area contributed by atoms with Crippen LogP contribution in [0.25, 0.3) is 0 Å². The molecule has 1 fully saturated rings. The molecule has 2 unspecified atom stereocenters. The summed E-state index contributed by atoms with van der Waals surface area (Å²) in [6.07, 6.45) is 3.69. The minimum absolute atomic E-state index is 0.0222. The quantitative estimate of drug-likeness (QED) is 0.912. The lowest BCUT2D eigenvalue weighted by molar-refractivity contribution is 0.400. The van der Waals surface area contributed by atoms with E-state index in [4.69, 9.17) is 4.42 Å². The molecule has 2 aromatic rings. The smallest absolute Gasteiger partial charge is 0.237 e. The van der Waals surface area contributed by atoms with Crippen molar-refractivity contribution in [1.82, 2.24) is 15.5 Å². The van der Waals surface area contributed by atoms with Gasteiger partial charge in [0, 0.05) is 0 Å². The molecular formula is C16H21N3OS. The second-order valence-electron chi connectivity index (χ2n) is 5.24. The van der Waals surface area contributed by atoms with Crippen molar-refractivity contribution in [2.75, 3.05) is 12.3 Å². The first kappa shape index (κ1) is 14.6. The summed E-state index contributed by atoms with van der Waals surface area (Å²) < 4.78 is 5.99. The number of nitrogens with zero attached hydrogens (tertiary/aromatic N) is 2. The normalized spacial score (nSPS) is 20.3. The van der Waals surface area contributed by atoms with Crippen molar-refractivity contribution in [2.24, 2.45) is 0 Å². The highest BCUT2D eigenvalue weighted by molar-refractivity contribution is 7.99. The Morgan fingerprint density at radius 3 is 2.86 bits per heavy atom. The Bertz CT molecular complexity index is 552. The fourth-order valence-corrected chi connectivity index (χ4v) is 3.85. The molecule has 1 aromatic carbocycles. The third kappa shape index (κ3) is 3.47. The van der Waals surface area contributed by atoms with Gasteiger partial charge in [0.1, 0.15) is 6.04 Å². The molecule has 112 valence electrons. The van der Waals surface area contributed by atoms with Crippen LogP contribution in [0, 0.1) is 0 Å². The van der Waals surface area contributed by atoms with Crippen LogP contribution in [0.5, 0.6) is 0 Å². The molecule has 1 saturated heterocycles. The van der Waals surface area contributed by atoms with Gasteiger partial charge in [-0.3, -0.25) is 0 Å². The second-order valence-corrected chi connectivity index (χ2v) is 6.55. The summed E-state index contributed by atoms with van der Waals surface area (Å²) in [4.78, 5) is 0. The molecule has 1 aromatic heterocycles. The Balaban J connectivity index is 1.81. The molecule has 1 aliphatic rings. The maximum absolute atomic E-state index is 5.99. The molecule has 4 nitrogen and oxygen atoms in total. The van der Waals surface area contributed by atoms with Gasteiger partial charge in [0.2, 0.25) is 11.8 Å². The number of thioether (sulfide) groups is 1. The van der Waals surface area contributed by atoms with Gasteiger partial charge in [-0.2, -0.15) is 0 Å². The van der Waals surface area contributed by atoms with Crippen molar-refractivity contribution < 1.29 is 4.42 Å². The lowest BCUT2D eigenvalue weighted by atomic mass is 10.1. The van der Waals surface area contributed by atoms with Crippen LogP contribution in [0.15, 0.2) is 34.7 Å². The Labute approximate surface area is 129 Å². The molecule has 5 heteroatoms. The molecule has 0 radical (unpaired) electrons. The van der Waals surface area contributed by atoms with E-state index in [1.54, 1.807) is 0 Å².